The van der Waals surface area contributed by atoms with E-state index in [-0.39, 0.29) is 43.7 Å². The summed E-state index contributed by atoms with van der Waals surface area (Å²) >= 11 is 0. The first-order valence-corrected chi connectivity index (χ1v) is 20.4. The van der Waals surface area contributed by atoms with Crippen LogP contribution in [0.2, 0.25) is 0 Å². The number of nitrogens with zero attached hydrogens (tertiary/aromatic N) is 2. The first-order chi connectivity index (χ1) is 26.9. The molecule has 0 saturated carbocycles. The maximum atomic E-state index is 13.9. The van der Waals surface area contributed by atoms with E-state index in [0.29, 0.717) is 12.3 Å². The van der Waals surface area contributed by atoms with Gasteiger partial charge in [0.25, 0.3) is 0 Å². The monoisotopic (exact) mass is 821 g/mol. The van der Waals surface area contributed by atoms with E-state index in [1.807, 2.05) is 32.0 Å². The first kappa shape index (κ1) is 46.9. The number of carbonyl (C=O) groups is 6. The number of H-pyrrole nitrogens is 1. The van der Waals surface area contributed by atoms with Gasteiger partial charge in [0, 0.05) is 44.8 Å². The Labute approximate surface area is 331 Å². The van der Waals surface area contributed by atoms with Crippen molar-refractivity contribution in [3.63, 3.8) is 0 Å². The summed E-state index contributed by atoms with van der Waals surface area (Å²) in [7, 11) is -5.05. The number of unbranched alkanes of at least 4 members (excludes halogenated alkanes) is 1. The Balaban J connectivity index is 1.69. The third-order valence-electron chi connectivity index (χ3n) is 9.30. The number of rotatable bonds is 23. The number of aromatic amines is 1. The Kier molecular flexibility index (Phi) is 18.4. The van der Waals surface area contributed by atoms with Crippen LogP contribution in [0.15, 0.2) is 42.9 Å². The summed E-state index contributed by atoms with van der Waals surface area (Å²) in [5.74, 6) is -4.46. The molecule has 8 N–H and O–H groups in total. The van der Waals surface area contributed by atoms with Crippen molar-refractivity contribution in [3.05, 3.63) is 54.1 Å². The average Bonchev–Trinajstić information content (AvgIpc) is 3.82. The van der Waals surface area contributed by atoms with Crippen LogP contribution in [0, 0.1) is 5.92 Å². The van der Waals surface area contributed by atoms with Crippen LogP contribution >= 0.6 is 7.82 Å². The number of hydrogen-bond acceptors (Lipinski definition) is 11. The molecule has 316 valence electrons. The van der Waals surface area contributed by atoms with Gasteiger partial charge in [0.1, 0.15) is 30.2 Å². The molecular weight excluding hydrogens is 765 g/mol. The van der Waals surface area contributed by atoms with Crippen molar-refractivity contribution in [1.82, 2.24) is 36.1 Å². The Hall–Kier alpha value is -4.52. The summed E-state index contributed by atoms with van der Waals surface area (Å²) < 4.78 is 21.9. The minimum Gasteiger partial charge on any atom is -0.394 e. The van der Waals surface area contributed by atoms with Gasteiger partial charge in [-0.05, 0) is 51.0 Å². The molecule has 57 heavy (non-hydrogen) atoms. The van der Waals surface area contributed by atoms with Crippen molar-refractivity contribution in [3.8, 4) is 0 Å². The number of phosphoric acid groups is 1. The zero-order valence-electron chi connectivity index (χ0n) is 32.9. The number of imidazole rings is 1. The molecule has 1 unspecified atom stereocenters. The molecular formula is C37H56N7O12P. The molecule has 0 aliphatic carbocycles. The number of Topliss-reactive ketones (excluding diaryl/α,β-unsaturated/α-hetero) is 1. The molecule has 3 rings (SSSR count). The zero-order chi connectivity index (χ0) is 42.3. The number of aromatic nitrogens is 2. The van der Waals surface area contributed by atoms with Gasteiger partial charge >= 0.3 is 7.82 Å². The summed E-state index contributed by atoms with van der Waals surface area (Å²) in [6.07, 6.45) is 3.73. The van der Waals surface area contributed by atoms with Gasteiger partial charge in [0.2, 0.25) is 29.5 Å². The number of nitrogens with one attached hydrogen (secondary N) is 5. The molecule has 0 radical (unpaired) electrons. The van der Waals surface area contributed by atoms with Crippen LogP contribution in [-0.2, 0) is 55.4 Å². The summed E-state index contributed by atoms with van der Waals surface area (Å²) in [5, 5.41) is 20.0. The number of ether oxygens (including phenoxy) is 1. The highest BCUT2D eigenvalue weighted by atomic mass is 31.2. The van der Waals surface area contributed by atoms with Crippen molar-refractivity contribution < 1.29 is 57.5 Å². The number of likely N-dealkylation sites (tertiary alicyclic amines) is 1. The van der Waals surface area contributed by atoms with E-state index in [2.05, 4.69) is 47.9 Å². The van der Waals surface area contributed by atoms with Crippen LogP contribution in [-0.4, -0.2) is 127 Å². The molecule has 2 aromatic rings. The zero-order valence-corrected chi connectivity index (χ0v) is 33.8. The summed E-state index contributed by atoms with van der Waals surface area (Å²) in [6.45, 7) is 6.93. The fourth-order valence-corrected chi connectivity index (χ4v) is 7.01. The maximum absolute atomic E-state index is 13.9. The number of phosphoric ester groups is 1. The lowest BCUT2D eigenvalue weighted by molar-refractivity contribution is -0.139. The van der Waals surface area contributed by atoms with Gasteiger partial charge in [-0.2, -0.15) is 0 Å². The minimum atomic E-state index is -5.05. The Bertz CT molecular complexity index is 1690. The third kappa shape index (κ3) is 15.7. The molecule has 2 heterocycles. The van der Waals surface area contributed by atoms with Crippen molar-refractivity contribution in [2.24, 2.45) is 5.92 Å². The first-order valence-electron chi connectivity index (χ1n) is 18.8. The largest absolute Gasteiger partial charge is 0.469 e. The van der Waals surface area contributed by atoms with Crippen molar-refractivity contribution in [1.29, 1.82) is 0 Å². The molecule has 1 aromatic carbocycles. The highest BCUT2D eigenvalue weighted by molar-refractivity contribution is 7.46. The predicted molar refractivity (Wildman–Crippen MR) is 205 cm³/mol. The van der Waals surface area contributed by atoms with Crippen molar-refractivity contribution in [2.75, 3.05) is 19.8 Å². The van der Waals surface area contributed by atoms with Gasteiger partial charge in [-0.1, -0.05) is 44.2 Å². The molecule has 7 atom stereocenters. The third-order valence-corrected chi connectivity index (χ3v) is 9.91. The van der Waals surface area contributed by atoms with E-state index >= 15 is 0 Å². The van der Waals surface area contributed by atoms with Gasteiger partial charge in [-0.15, -0.1) is 0 Å². The predicted octanol–water partition coefficient (Wildman–Crippen LogP) is 0.0455. The minimum absolute atomic E-state index is 0.103. The molecule has 1 aromatic heterocycles. The lowest BCUT2D eigenvalue weighted by Gasteiger charge is -2.28. The molecule has 20 heteroatoms. The van der Waals surface area contributed by atoms with E-state index in [4.69, 9.17) is 14.5 Å². The van der Waals surface area contributed by atoms with Gasteiger partial charge < -0.3 is 50.8 Å². The summed E-state index contributed by atoms with van der Waals surface area (Å²) in [5.41, 5.74) is 1.65. The van der Waals surface area contributed by atoms with Crippen LogP contribution in [0.5, 0.6) is 0 Å². The average molecular weight is 822 g/mol. The number of hydrogen-bond donors (Lipinski definition) is 8. The summed E-state index contributed by atoms with van der Waals surface area (Å²) in [4.78, 5) is 106. The SMILES string of the molecule is CC(=O)[C@@H](NC(=O)[C@H](CO)NC(=O)[C@H](Cc1cnc[nH]1)NC(=O)[C@H](CC(C)C)NC(=O)[C@@H]1CC(OCCCCc2ccccc2)CN1C(C)=O)[C@@H](C)OP(=O)(O)O. The van der Waals surface area contributed by atoms with Gasteiger partial charge in [0.05, 0.1) is 25.1 Å². The maximum Gasteiger partial charge on any atom is 0.469 e. The van der Waals surface area contributed by atoms with Crippen LogP contribution in [0.3, 0.4) is 0 Å². The van der Waals surface area contributed by atoms with Gasteiger partial charge in [0.15, 0.2) is 5.78 Å². The quantitative estimate of drug-likeness (QED) is 0.0544. The summed E-state index contributed by atoms with van der Waals surface area (Å²) in [6, 6.07) is 3.42. The second kappa shape index (κ2) is 22.4. The van der Waals surface area contributed by atoms with E-state index < -0.39 is 80.2 Å². The number of carbonyl (C=O) groups excluding carboxylic acids is 6. The Morgan fingerprint density at radius 1 is 0.930 bits per heavy atom. The molecule has 1 fully saturated rings. The van der Waals surface area contributed by atoms with Crippen LogP contribution in [0.25, 0.3) is 0 Å². The number of amides is 5. The lowest BCUT2D eigenvalue weighted by Crippen LogP contribution is -2.60. The fraction of sp³-hybridized carbons (Fsp3) is 0.595. The number of benzene rings is 1. The molecule has 1 saturated heterocycles. The number of aliphatic hydroxyl groups is 1. The molecule has 0 bridgehead atoms. The standard InChI is InChI=1S/C37H56N7O12P/c1-22(2)15-29(41-37(51)32-17-28(19-44(32)25(5)47)55-14-10-9-13-26-11-7-6-8-12-26)34(48)40-30(16-27-18-38-21-39-27)35(49)42-31(20-45)36(50)43-33(23(3)46)24(4)56-57(52,53)54/h6-8,11-12,18,21-22,24,28-33,45H,9-10,13-17,19-20H2,1-5H3,(H,38,39)(H,40,48)(H,41,51)(H,42,49)(H,43,50)(H2,52,53,54)/t24-,28?,29+,30+,31+,32+,33-/m1/s1. The van der Waals surface area contributed by atoms with E-state index in [0.717, 1.165) is 33.1 Å². The number of aryl methyl sites for hydroxylation is 1. The van der Waals surface area contributed by atoms with Crippen LogP contribution < -0.4 is 21.3 Å². The number of ketones is 1. The normalized spacial score (nSPS) is 18.2. The highest BCUT2D eigenvalue weighted by Gasteiger charge is 2.41. The second-order valence-corrected chi connectivity index (χ2v) is 15.7. The smallest absolute Gasteiger partial charge is 0.394 e. The molecule has 1 aliphatic heterocycles. The Morgan fingerprint density at radius 3 is 2.16 bits per heavy atom. The highest BCUT2D eigenvalue weighted by Crippen LogP contribution is 2.38. The van der Waals surface area contributed by atoms with Crippen LogP contribution in [0.1, 0.15) is 71.6 Å². The van der Waals surface area contributed by atoms with E-state index in [1.54, 1.807) is 0 Å². The number of aliphatic hydroxyl groups excluding tert-OH is 1. The molecule has 19 nitrogen and oxygen atoms in total. The molecule has 5 amide bonds. The topological polar surface area (TPSA) is 279 Å². The lowest BCUT2D eigenvalue weighted by atomic mass is 10.0. The van der Waals surface area contributed by atoms with Gasteiger partial charge in [-0.25, -0.2) is 9.55 Å². The Morgan fingerprint density at radius 2 is 1.58 bits per heavy atom. The van der Waals surface area contributed by atoms with E-state index in [9.17, 15) is 38.4 Å². The van der Waals surface area contributed by atoms with E-state index in [1.165, 1.54) is 29.9 Å². The van der Waals surface area contributed by atoms with Crippen molar-refractivity contribution in [2.45, 2.75) is 116 Å². The second-order valence-electron chi connectivity index (χ2n) is 14.5. The fourth-order valence-electron chi connectivity index (χ4n) is 6.46. The van der Waals surface area contributed by atoms with Gasteiger partial charge in [-0.3, -0.25) is 33.3 Å². The molecule has 0 spiro atoms. The molecule has 1 aliphatic rings. The van der Waals surface area contributed by atoms with Crippen molar-refractivity contribution >= 4 is 43.1 Å². The van der Waals surface area contributed by atoms with Crippen LogP contribution in [0.4, 0.5) is 0 Å².